The monoisotopic (exact) mass is 509 g/mol. The van der Waals surface area contributed by atoms with Crippen molar-refractivity contribution in [1.29, 1.82) is 5.26 Å². The molecule has 2 aromatic rings. The van der Waals surface area contributed by atoms with E-state index in [4.69, 9.17) is 0 Å². The molecule has 0 radical (unpaired) electrons. The molecule has 0 bridgehead atoms. The van der Waals surface area contributed by atoms with Crippen molar-refractivity contribution in [1.82, 2.24) is 15.5 Å². The Morgan fingerprint density at radius 2 is 1.92 bits per heavy atom. The van der Waals surface area contributed by atoms with E-state index >= 15 is 0 Å². The lowest BCUT2D eigenvalue weighted by Crippen LogP contribution is -2.61. The number of anilines is 1. The van der Waals surface area contributed by atoms with Gasteiger partial charge in [0.05, 0.1) is 17.8 Å². The minimum absolute atomic E-state index is 0.0183. The van der Waals surface area contributed by atoms with Crippen LogP contribution in [0.15, 0.2) is 42.5 Å². The lowest BCUT2D eigenvalue weighted by atomic mass is 9.80. The molecule has 4 atom stereocenters. The number of nitrogens with zero attached hydrogens (tertiary/aromatic N) is 2. The van der Waals surface area contributed by atoms with Crippen LogP contribution in [0.1, 0.15) is 64.5 Å². The van der Waals surface area contributed by atoms with E-state index in [1.54, 1.807) is 0 Å². The molecular weight excluding hydrogens is 472 g/mol. The van der Waals surface area contributed by atoms with Gasteiger partial charge in [-0.15, -0.1) is 0 Å². The fourth-order valence-electron chi connectivity index (χ4n) is 5.81. The summed E-state index contributed by atoms with van der Waals surface area (Å²) in [6.45, 7) is 8.77. The van der Waals surface area contributed by atoms with Gasteiger partial charge in [-0.25, -0.2) is 13.6 Å². The number of hydrogen-bond donors (Lipinski definition) is 3. The van der Waals surface area contributed by atoms with Crippen molar-refractivity contribution in [2.75, 3.05) is 11.9 Å². The molecule has 0 aliphatic heterocycles. The first-order chi connectivity index (χ1) is 17.6. The molecule has 0 heterocycles. The molecule has 6 nitrogen and oxygen atoms in total. The smallest absolute Gasteiger partial charge is 0.311 e. The molecule has 2 amide bonds. The molecule has 0 saturated heterocycles. The van der Waals surface area contributed by atoms with Crippen molar-refractivity contribution in [2.45, 2.75) is 83.1 Å². The molecule has 198 valence electrons. The number of nitrogens with one attached hydrogen (secondary N) is 3. The molecule has 4 rings (SSSR count). The first kappa shape index (κ1) is 27.0. The summed E-state index contributed by atoms with van der Waals surface area (Å²) in [6, 6.07) is 13.6. The number of carbonyl (C=O) groups excluding carboxylic acids is 1. The minimum Gasteiger partial charge on any atom is -0.311 e. The number of amides is 2. The topological polar surface area (TPSA) is 80.2 Å². The van der Waals surface area contributed by atoms with Crippen LogP contribution in [0, 0.1) is 28.9 Å². The van der Waals surface area contributed by atoms with E-state index in [1.165, 1.54) is 11.6 Å². The highest BCUT2D eigenvalue weighted by Crippen LogP contribution is 2.63. The van der Waals surface area contributed by atoms with Crippen molar-refractivity contribution in [2.24, 2.45) is 5.92 Å². The second-order valence-electron chi connectivity index (χ2n) is 11.0. The third-order valence-corrected chi connectivity index (χ3v) is 7.66. The Morgan fingerprint density at radius 1 is 1.14 bits per heavy atom. The van der Waals surface area contributed by atoms with Crippen LogP contribution < -0.4 is 16.0 Å². The van der Waals surface area contributed by atoms with Crippen LogP contribution in [0.5, 0.6) is 0 Å². The van der Waals surface area contributed by atoms with Gasteiger partial charge in [0.25, 0.3) is 0 Å². The SMILES string of the molecule is CC(C)NCC(NC(C)C)N(C(=O)Nc1ccc(F)c(F)c1)C1CCC2(c3cccc(C#N)c3)CC2C1. The summed E-state index contributed by atoms with van der Waals surface area (Å²) in [5.74, 6) is -1.52. The van der Waals surface area contributed by atoms with Crippen LogP contribution in [0.4, 0.5) is 19.3 Å². The van der Waals surface area contributed by atoms with Crippen molar-refractivity contribution < 1.29 is 13.6 Å². The normalized spacial score (nSPS) is 23.3. The highest BCUT2D eigenvalue weighted by Gasteiger charge is 2.58. The Balaban J connectivity index is 1.58. The summed E-state index contributed by atoms with van der Waals surface area (Å²) in [6.07, 6.45) is 3.35. The van der Waals surface area contributed by atoms with Crippen LogP contribution in [0.3, 0.4) is 0 Å². The predicted molar refractivity (Wildman–Crippen MR) is 141 cm³/mol. The Hall–Kier alpha value is -3.02. The minimum atomic E-state index is -0.997. The van der Waals surface area contributed by atoms with Gasteiger partial charge in [0.15, 0.2) is 11.6 Å². The second kappa shape index (κ2) is 11.2. The summed E-state index contributed by atoms with van der Waals surface area (Å²) in [5, 5.41) is 19.1. The predicted octanol–water partition coefficient (Wildman–Crippen LogP) is 5.50. The van der Waals surface area contributed by atoms with Crippen LogP contribution >= 0.6 is 0 Å². The molecule has 2 saturated carbocycles. The lowest BCUT2D eigenvalue weighted by Gasteiger charge is -2.42. The van der Waals surface area contributed by atoms with Gasteiger partial charge in [-0.05, 0) is 80.7 Å². The van der Waals surface area contributed by atoms with Gasteiger partial charge in [0, 0.05) is 36.4 Å². The van der Waals surface area contributed by atoms with E-state index in [1.807, 2.05) is 36.9 Å². The molecule has 2 aliphatic rings. The molecule has 8 heteroatoms. The maximum atomic E-state index is 13.9. The number of carbonyl (C=O) groups is 1. The van der Waals surface area contributed by atoms with Crippen LogP contribution in [0.2, 0.25) is 0 Å². The number of halogens is 2. The quantitative estimate of drug-likeness (QED) is 0.390. The third kappa shape index (κ3) is 6.11. The van der Waals surface area contributed by atoms with Gasteiger partial charge in [-0.3, -0.25) is 5.32 Å². The number of benzene rings is 2. The third-order valence-electron chi connectivity index (χ3n) is 7.66. The first-order valence-corrected chi connectivity index (χ1v) is 13.2. The van der Waals surface area contributed by atoms with Crippen molar-refractivity contribution in [3.05, 3.63) is 65.2 Å². The molecule has 0 spiro atoms. The van der Waals surface area contributed by atoms with E-state index < -0.39 is 11.6 Å². The maximum Gasteiger partial charge on any atom is 0.323 e. The number of urea groups is 1. The van der Waals surface area contributed by atoms with Crippen LogP contribution in [0.25, 0.3) is 0 Å². The molecule has 4 unspecified atom stereocenters. The molecule has 2 aromatic carbocycles. The van der Waals surface area contributed by atoms with Crippen molar-refractivity contribution >= 4 is 11.7 Å². The van der Waals surface area contributed by atoms with Gasteiger partial charge in [-0.2, -0.15) is 5.26 Å². The van der Waals surface area contributed by atoms with Gasteiger partial charge >= 0.3 is 6.03 Å². The number of rotatable bonds is 9. The summed E-state index contributed by atoms with van der Waals surface area (Å²) >= 11 is 0. The Bertz CT molecular complexity index is 1160. The zero-order valence-electron chi connectivity index (χ0n) is 22.0. The second-order valence-corrected chi connectivity index (χ2v) is 11.0. The molecule has 2 fully saturated rings. The summed E-state index contributed by atoms with van der Waals surface area (Å²) in [4.78, 5) is 15.6. The van der Waals surface area contributed by atoms with Gasteiger partial charge < -0.3 is 15.5 Å². The molecule has 37 heavy (non-hydrogen) atoms. The first-order valence-electron chi connectivity index (χ1n) is 13.2. The lowest BCUT2D eigenvalue weighted by molar-refractivity contribution is 0.105. The Kier molecular flexibility index (Phi) is 8.15. The van der Waals surface area contributed by atoms with Crippen molar-refractivity contribution in [3.8, 4) is 6.07 Å². The number of hydrogen-bond acceptors (Lipinski definition) is 4. The Labute approximate surface area is 218 Å². The van der Waals surface area contributed by atoms with E-state index in [9.17, 15) is 18.8 Å². The molecular formula is C29H37F2N5O. The van der Waals surface area contributed by atoms with Gasteiger partial charge in [0.1, 0.15) is 0 Å². The highest BCUT2D eigenvalue weighted by molar-refractivity contribution is 5.89. The molecule has 3 N–H and O–H groups in total. The summed E-state index contributed by atoms with van der Waals surface area (Å²) in [5.41, 5.74) is 2.18. The number of nitriles is 1. The van der Waals surface area contributed by atoms with E-state index in [-0.39, 0.29) is 41.4 Å². The summed E-state index contributed by atoms with van der Waals surface area (Å²) < 4.78 is 27.3. The van der Waals surface area contributed by atoms with E-state index in [0.717, 1.165) is 37.8 Å². The van der Waals surface area contributed by atoms with Crippen LogP contribution in [-0.2, 0) is 5.41 Å². The maximum absolute atomic E-state index is 13.9. The zero-order valence-corrected chi connectivity index (χ0v) is 22.0. The zero-order chi connectivity index (χ0) is 26.7. The molecule has 0 aromatic heterocycles. The average Bonchev–Trinajstić information content (AvgIpc) is 3.60. The molecule has 2 aliphatic carbocycles. The van der Waals surface area contributed by atoms with Crippen molar-refractivity contribution in [3.63, 3.8) is 0 Å². The standard InChI is InChI=1S/C29H37F2N5O/c1-18(2)33-17-27(34-19(3)4)36(28(37)35-23-8-9-25(30)26(31)14-23)24-10-11-29(15-22(29)13-24)21-7-5-6-20(12-21)16-32/h5-9,12,14,18-19,22,24,27,33-34H,10-11,13,15,17H2,1-4H3,(H,35,37). The largest absolute Gasteiger partial charge is 0.323 e. The number of fused-ring (bicyclic) bond motifs is 1. The fourth-order valence-corrected chi connectivity index (χ4v) is 5.81. The van der Waals surface area contributed by atoms with Crippen LogP contribution in [-0.4, -0.2) is 41.8 Å². The van der Waals surface area contributed by atoms with Gasteiger partial charge in [0.2, 0.25) is 0 Å². The summed E-state index contributed by atoms with van der Waals surface area (Å²) in [7, 11) is 0. The average molecular weight is 510 g/mol. The fraction of sp³-hybridized carbons (Fsp3) is 0.517. The highest BCUT2D eigenvalue weighted by atomic mass is 19.2. The Morgan fingerprint density at radius 3 is 2.57 bits per heavy atom. The van der Waals surface area contributed by atoms with E-state index in [0.29, 0.717) is 18.0 Å². The van der Waals surface area contributed by atoms with E-state index in [2.05, 4.69) is 41.9 Å². The van der Waals surface area contributed by atoms with Gasteiger partial charge in [-0.1, -0.05) is 26.0 Å².